The molecule has 1 aliphatic heterocycles. The third-order valence-electron chi connectivity index (χ3n) is 1.65. The minimum atomic E-state index is -4.72. The van der Waals surface area contributed by atoms with E-state index in [1.165, 1.54) is 0 Å². The molecule has 0 aromatic rings. The highest BCUT2D eigenvalue weighted by Gasteiger charge is 2.42. The molecule has 15 heavy (non-hydrogen) atoms. The standard InChI is InChI=1S/C6H9F3N2O.COS/c7-6(8,9)5(12)11-3-1-10-2-4-11;2-1-3/h10H,1-4H2;. The molecule has 1 aliphatic rings. The van der Waals surface area contributed by atoms with E-state index in [1.54, 1.807) is 0 Å². The van der Waals surface area contributed by atoms with Gasteiger partial charge in [0.15, 0.2) is 0 Å². The first-order valence-corrected chi connectivity index (χ1v) is 4.40. The molecule has 1 amide bonds. The topological polar surface area (TPSA) is 49.4 Å². The molecule has 1 saturated heterocycles. The number of amides is 1. The highest BCUT2D eigenvalue weighted by atomic mass is 32.1. The van der Waals surface area contributed by atoms with Gasteiger partial charge in [-0.2, -0.15) is 13.2 Å². The molecule has 1 N–H and O–H groups in total. The lowest BCUT2D eigenvalue weighted by Gasteiger charge is -2.27. The Balaban J connectivity index is 0.000000583. The predicted molar refractivity (Wildman–Crippen MR) is 48.8 cm³/mol. The summed E-state index contributed by atoms with van der Waals surface area (Å²) in [6, 6.07) is 0. The number of thiocarbonyl (C=S) groups is 1. The number of halogens is 3. The molecular formula is C7H9F3N2O2S. The lowest BCUT2D eigenvalue weighted by molar-refractivity contribution is -0.185. The molecule has 86 valence electrons. The zero-order chi connectivity index (χ0) is 11.9. The Morgan fingerprint density at radius 2 is 1.73 bits per heavy atom. The van der Waals surface area contributed by atoms with E-state index < -0.39 is 12.1 Å². The molecule has 0 atom stereocenters. The van der Waals surface area contributed by atoms with Gasteiger partial charge in [-0.05, 0) is 0 Å². The molecule has 1 rings (SSSR count). The second-order valence-electron chi connectivity index (χ2n) is 2.62. The van der Waals surface area contributed by atoms with E-state index >= 15 is 0 Å². The average Bonchev–Trinajstić information content (AvgIpc) is 2.18. The Morgan fingerprint density at radius 1 is 1.33 bits per heavy atom. The van der Waals surface area contributed by atoms with Crippen molar-refractivity contribution in [2.24, 2.45) is 0 Å². The van der Waals surface area contributed by atoms with Gasteiger partial charge in [-0.1, -0.05) is 0 Å². The summed E-state index contributed by atoms with van der Waals surface area (Å²) in [6.45, 7) is 1.14. The van der Waals surface area contributed by atoms with Crippen LogP contribution >= 0.6 is 12.2 Å². The van der Waals surface area contributed by atoms with Crippen LogP contribution in [0.1, 0.15) is 0 Å². The van der Waals surface area contributed by atoms with Gasteiger partial charge in [0, 0.05) is 38.4 Å². The van der Waals surface area contributed by atoms with E-state index in [-0.39, 0.29) is 13.1 Å². The Morgan fingerprint density at radius 3 is 2.07 bits per heavy atom. The SMILES string of the molecule is O=C(N1CCNCC1)C(F)(F)F.O=C=S. The van der Waals surface area contributed by atoms with Crippen LogP contribution in [0.2, 0.25) is 0 Å². The van der Waals surface area contributed by atoms with Gasteiger partial charge in [0.1, 0.15) is 0 Å². The first kappa shape index (κ1) is 14.0. The molecule has 1 heterocycles. The molecule has 4 nitrogen and oxygen atoms in total. The van der Waals surface area contributed by atoms with Gasteiger partial charge in [-0.25, -0.2) is 4.79 Å². The van der Waals surface area contributed by atoms with Crippen LogP contribution < -0.4 is 5.32 Å². The summed E-state index contributed by atoms with van der Waals surface area (Å²) in [7, 11) is 0. The predicted octanol–water partition coefficient (Wildman–Crippen LogP) is 0.232. The minimum absolute atomic E-state index is 0.137. The normalized spacial score (nSPS) is 16.1. The molecule has 0 aromatic carbocycles. The Hall–Kier alpha value is -0.980. The van der Waals surface area contributed by atoms with E-state index in [1.807, 2.05) is 0 Å². The van der Waals surface area contributed by atoms with Crippen molar-refractivity contribution in [1.82, 2.24) is 10.2 Å². The summed E-state index contributed by atoms with van der Waals surface area (Å²) < 4.78 is 35.5. The monoisotopic (exact) mass is 242 g/mol. The van der Waals surface area contributed by atoms with Gasteiger partial charge < -0.3 is 10.2 Å². The van der Waals surface area contributed by atoms with Crippen LogP contribution in [0.15, 0.2) is 0 Å². The number of nitrogens with one attached hydrogen (secondary N) is 1. The van der Waals surface area contributed by atoms with Crippen LogP contribution in [0.25, 0.3) is 0 Å². The third-order valence-corrected chi connectivity index (χ3v) is 1.65. The summed E-state index contributed by atoms with van der Waals surface area (Å²) in [5.41, 5.74) is 0. The summed E-state index contributed by atoms with van der Waals surface area (Å²) in [4.78, 5) is 19.9. The smallest absolute Gasteiger partial charge is 0.332 e. The van der Waals surface area contributed by atoms with Crippen LogP contribution in [0.4, 0.5) is 13.2 Å². The van der Waals surface area contributed by atoms with Crippen molar-refractivity contribution < 1.29 is 22.8 Å². The highest BCUT2D eigenvalue weighted by Crippen LogP contribution is 2.18. The first-order chi connectivity index (χ1) is 6.93. The van der Waals surface area contributed by atoms with Gasteiger partial charge in [0.05, 0.1) is 0 Å². The number of nitrogens with zero attached hydrogens (tertiary/aromatic N) is 1. The molecule has 1 fully saturated rings. The number of hydrogen-bond acceptors (Lipinski definition) is 4. The van der Waals surface area contributed by atoms with Crippen LogP contribution in [-0.2, 0) is 9.59 Å². The van der Waals surface area contributed by atoms with Crippen LogP contribution in [-0.4, -0.2) is 48.4 Å². The van der Waals surface area contributed by atoms with Gasteiger partial charge in [-0.15, -0.1) is 0 Å². The van der Waals surface area contributed by atoms with E-state index in [4.69, 9.17) is 4.79 Å². The molecular weight excluding hydrogens is 233 g/mol. The Kier molecular flexibility index (Phi) is 6.07. The maximum Gasteiger partial charge on any atom is 0.471 e. The van der Waals surface area contributed by atoms with E-state index in [0.29, 0.717) is 13.1 Å². The Bertz CT molecular complexity index is 245. The molecule has 0 radical (unpaired) electrons. The highest BCUT2D eigenvalue weighted by molar-refractivity contribution is 7.78. The quantitative estimate of drug-likeness (QED) is 0.618. The van der Waals surface area contributed by atoms with Crippen LogP contribution in [0.3, 0.4) is 0 Å². The molecule has 0 spiro atoms. The fourth-order valence-corrected chi connectivity index (χ4v) is 1.05. The molecule has 0 aliphatic carbocycles. The fraction of sp³-hybridized carbons (Fsp3) is 0.714. The summed E-state index contributed by atoms with van der Waals surface area (Å²) in [5, 5.41) is 3.94. The minimum Gasteiger partial charge on any atom is -0.332 e. The van der Waals surface area contributed by atoms with Crippen LogP contribution in [0.5, 0.6) is 0 Å². The summed E-state index contributed by atoms with van der Waals surface area (Å²) >= 11 is 3.59. The van der Waals surface area contributed by atoms with Crippen molar-refractivity contribution in [2.75, 3.05) is 26.2 Å². The van der Waals surface area contributed by atoms with E-state index in [9.17, 15) is 18.0 Å². The second-order valence-corrected chi connectivity index (χ2v) is 2.79. The first-order valence-electron chi connectivity index (χ1n) is 3.99. The number of piperazine rings is 1. The maximum atomic E-state index is 11.8. The average molecular weight is 242 g/mol. The molecule has 0 saturated carbocycles. The lowest BCUT2D eigenvalue weighted by atomic mass is 10.3. The Labute approximate surface area is 89.4 Å². The van der Waals surface area contributed by atoms with E-state index in [2.05, 4.69) is 17.5 Å². The van der Waals surface area contributed by atoms with E-state index in [0.717, 1.165) is 10.1 Å². The zero-order valence-corrected chi connectivity index (χ0v) is 8.45. The van der Waals surface area contributed by atoms with Crippen molar-refractivity contribution in [1.29, 1.82) is 0 Å². The molecule has 0 bridgehead atoms. The van der Waals surface area contributed by atoms with Crippen molar-refractivity contribution in [3.63, 3.8) is 0 Å². The van der Waals surface area contributed by atoms with Gasteiger partial charge in [-0.3, -0.25) is 4.79 Å². The summed E-state index contributed by atoms with van der Waals surface area (Å²) in [6.07, 6.45) is -4.72. The van der Waals surface area contributed by atoms with Gasteiger partial charge >= 0.3 is 12.1 Å². The summed E-state index contributed by atoms with van der Waals surface area (Å²) in [5.74, 6) is -1.73. The van der Waals surface area contributed by atoms with Gasteiger partial charge in [0.2, 0.25) is 5.23 Å². The maximum absolute atomic E-state index is 11.8. The largest absolute Gasteiger partial charge is 0.471 e. The van der Waals surface area contributed by atoms with Crippen molar-refractivity contribution in [3.8, 4) is 0 Å². The number of rotatable bonds is 0. The van der Waals surface area contributed by atoms with Crippen molar-refractivity contribution >= 4 is 23.4 Å². The second kappa shape index (κ2) is 6.49. The number of carbonyl (C=O) groups is 1. The fourth-order valence-electron chi connectivity index (χ4n) is 1.05. The lowest BCUT2D eigenvalue weighted by Crippen LogP contribution is -2.50. The number of alkyl halides is 3. The molecule has 0 unspecified atom stereocenters. The molecule has 0 aromatic heterocycles. The van der Waals surface area contributed by atoms with Gasteiger partial charge in [0.25, 0.3) is 0 Å². The zero-order valence-electron chi connectivity index (χ0n) is 7.63. The third kappa shape index (κ3) is 5.46. The van der Waals surface area contributed by atoms with Crippen LogP contribution in [0, 0.1) is 0 Å². The number of hydrogen-bond donors (Lipinski definition) is 1. The van der Waals surface area contributed by atoms with Crippen molar-refractivity contribution in [2.45, 2.75) is 6.18 Å². The van der Waals surface area contributed by atoms with Crippen molar-refractivity contribution in [3.05, 3.63) is 0 Å². The number of carbonyl (C=O) groups excluding carboxylic acids is 2. The molecule has 8 heteroatoms.